The first kappa shape index (κ1) is 17.7. The van der Waals surface area contributed by atoms with Crippen LogP contribution in [0.5, 0.6) is 0 Å². The van der Waals surface area contributed by atoms with Crippen molar-refractivity contribution in [2.45, 2.75) is 19.0 Å². The molecule has 0 heterocycles. The number of carbonyl (C=O) groups is 4. The molecule has 11 heteroatoms. The largest absolute Gasteiger partial charge is 0.481 e. The van der Waals surface area contributed by atoms with Crippen molar-refractivity contribution < 1.29 is 52.8 Å². The molecule has 0 aromatic rings. The van der Waals surface area contributed by atoms with Crippen LogP contribution in [0.2, 0.25) is 0 Å². The smallest absolute Gasteiger partial charge is 0.396 e. The predicted octanol–water partition coefficient (Wildman–Crippen LogP) is 0.516. The van der Waals surface area contributed by atoms with Crippen LogP contribution in [0.25, 0.3) is 0 Å². The first-order valence-electron chi connectivity index (χ1n) is 5.83. The highest BCUT2D eigenvalue weighted by atomic mass is 19.4. The van der Waals surface area contributed by atoms with Gasteiger partial charge in [-0.25, -0.2) is 0 Å². The number of hydrogen-bond acceptors (Lipinski definition) is 4. The second-order valence-corrected chi connectivity index (χ2v) is 5.00. The third-order valence-electron chi connectivity index (χ3n) is 3.92. The van der Waals surface area contributed by atoms with E-state index in [1.54, 1.807) is 0 Å². The fraction of sp³-hybridized carbons (Fsp3) is 0.636. The molecule has 1 aliphatic rings. The van der Waals surface area contributed by atoms with Crippen LogP contribution in [0.3, 0.4) is 0 Å². The second-order valence-electron chi connectivity index (χ2n) is 5.00. The molecule has 8 nitrogen and oxygen atoms in total. The molecule has 1 rings (SSSR count). The van der Waals surface area contributed by atoms with E-state index in [1.807, 2.05) is 0 Å². The first-order chi connectivity index (χ1) is 9.86. The molecule has 124 valence electrons. The van der Waals surface area contributed by atoms with Crippen LogP contribution in [-0.2, 0) is 19.2 Å². The molecular weight excluding hydrogens is 317 g/mol. The summed E-state index contributed by atoms with van der Waals surface area (Å²) in [5.41, 5.74) is -3.69. The molecule has 0 aromatic carbocycles. The van der Waals surface area contributed by atoms with Crippen molar-refractivity contribution in [1.29, 1.82) is 0 Å². The van der Waals surface area contributed by atoms with E-state index < -0.39 is 66.1 Å². The van der Waals surface area contributed by atoms with Crippen molar-refractivity contribution >= 4 is 23.9 Å². The Balaban J connectivity index is 3.67. The average molecular weight is 328 g/mol. The minimum Gasteiger partial charge on any atom is -0.481 e. The molecule has 0 amide bonds. The fourth-order valence-corrected chi connectivity index (χ4v) is 3.09. The molecule has 4 N–H and O–H groups in total. The summed E-state index contributed by atoms with van der Waals surface area (Å²) in [6, 6.07) is 0. The third kappa shape index (κ3) is 2.57. The van der Waals surface area contributed by atoms with Gasteiger partial charge < -0.3 is 20.4 Å². The standard InChI is InChI=1S/C11H11F3O8/c12-11(13,14)10(2-5(15)16)4(8(19)20)1-3(7(17)18)6(10)9(21)22/h3-4,6H,1-2H2,(H,15,16)(H,17,18)(H,19,20)(H,21,22). The Morgan fingerprint density at radius 3 is 1.73 bits per heavy atom. The summed E-state index contributed by atoms with van der Waals surface area (Å²) in [6.45, 7) is 0. The Hall–Kier alpha value is -2.33. The van der Waals surface area contributed by atoms with Crippen LogP contribution < -0.4 is 0 Å². The summed E-state index contributed by atoms with van der Waals surface area (Å²) < 4.78 is 40.4. The lowest BCUT2D eigenvalue weighted by molar-refractivity contribution is -0.258. The Kier molecular flexibility index (Phi) is 4.40. The van der Waals surface area contributed by atoms with Gasteiger partial charge >= 0.3 is 30.1 Å². The number of rotatable bonds is 5. The van der Waals surface area contributed by atoms with Crippen molar-refractivity contribution in [3.8, 4) is 0 Å². The normalized spacial score (nSPS) is 31.7. The third-order valence-corrected chi connectivity index (χ3v) is 3.92. The van der Waals surface area contributed by atoms with Gasteiger partial charge in [0.25, 0.3) is 0 Å². The van der Waals surface area contributed by atoms with Gasteiger partial charge in [0.05, 0.1) is 24.2 Å². The van der Waals surface area contributed by atoms with Crippen LogP contribution in [0.4, 0.5) is 13.2 Å². The van der Waals surface area contributed by atoms with Crippen LogP contribution in [-0.4, -0.2) is 50.5 Å². The van der Waals surface area contributed by atoms with Gasteiger partial charge in [-0.2, -0.15) is 13.2 Å². The summed E-state index contributed by atoms with van der Waals surface area (Å²) in [4.78, 5) is 44.1. The summed E-state index contributed by atoms with van der Waals surface area (Å²) in [6.07, 6.45) is -8.48. The van der Waals surface area contributed by atoms with E-state index in [9.17, 15) is 32.3 Å². The van der Waals surface area contributed by atoms with Gasteiger partial charge in [0.15, 0.2) is 0 Å². The zero-order chi connectivity index (χ0) is 17.5. The maximum absolute atomic E-state index is 13.5. The topological polar surface area (TPSA) is 149 Å². The molecule has 0 aromatic heterocycles. The molecule has 0 bridgehead atoms. The molecule has 22 heavy (non-hydrogen) atoms. The Morgan fingerprint density at radius 1 is 0.955 bits per heavy atom. The summed E-state index contributed by atoms with van der Waals surface area (Å²) in [5, 5.41) is 35.5. The number of halogens is 3. The van der Waals surface area contributed by atoms with E-state index in [2.05, 4.69) is 0 Å². The number of hydrogen-bond donors (Lipinski definition) is 4. The minimum absolute atomic E-state index is 1.12. The number of aliphatic carboxylic acids is 4. The van der Waals surface area contributed by atoms with Gasteiger partial charge in [-0.15, -0.1) is 0 Å². The highest BCUT2D eigenvalue weighted by Crippen LogP contribution is 2.61. The minimum atomic E-state index is -5.53. The van der Waals surface area contributed by atoms with E-state index in [4.69, 9.17) is 20.4 Å². The van der Waals surface area contributed by atoms with Crippen LogP contribution in [0, 0.1) is 23.2 Å². The molecule has 0 aliphatic heterocycles. The van der Waals surface area contributed by atoms with Gasteiger partial charge in [0.1, 0.15) is 5.41 Å². The van der Waals surface area contributed by atoms with Crippen LogP contribution >= 0.6 is 0 Å². The van der Waals surface area contributed by atoms with E-state index in [0.29, 0.717) is 0 Å². The van der Waals surface area contributed by atoms with Gasteiger partial charge in [-0.3, -0.25) is 19.2 Å². The summed E-state index contributed by atoms with van der Waals surface area (Å²) in [5.74, 6) is -15.6. The molecule has 0 spiro atoms. The van der Waals surface area contributed by atoms with E-state index in [1.165, 1.54) is 0 Å². The average Bonchev–Trinajstić information content (AvgIpc) is 2.63. The molecule has 0 saturated heterocycles. The maximum atomic E-state index is 13.5. The lowest BCUT2D eigenvalue weighted by atomic mass is 9.67. The van der Waals surface area contributed by atoms with Gasteiger partial charge in [-0.05, 0) is 6.42 Å². The zero-order valence-corrected chi connectivity index (χ0v) is 10.7. The monoisotopic (exact) mass is 328 g/mol. The lowest BCUT2D eigenvalue weighted by Crippen LogP contribution is -2.53. The second kappa shape index (κ2) is 5.46. The number of alkyl halides is 3. The Labute approximate surface area is 120 Å². The molecule has 1 fully saturated rings. The summed E-state index contributed by atoms with van der Waals surface area (Å²) in [7, 11) is 0. The maximum Gasteiger partial charge on any atom is 0.396 e. The quantitative estimate of drug-likeness (QED) is 0.570. The highest BCUT2D eigenvalue weighted by molar-refractivity contribution is 5.86. The van der Waals surface area contributed by atoms with Crippen molar-refractivity contribution in [3.63, 3.8) is 0 Å². The van der Waals surface area contributed by atoms with Crippen LogP contribution in [0.15, 0.2) is 0 Å². The Bertz CT molecular complexity index is 528. The molecule has 0 radical (unpaired) electrons. The van der Waals surface area contributed by atoms with Crippen molar-refractivity contribution in [2.24, 2.45) is 23.2 Å². The Morgan fingerprint density at radius 2 is 1.45 bits per heavy atom. The number of carboxylic acids is 4. The molecule has 1 aliphatic carbocycles. The molecule has 4 atom stereocenters. The van der Waals surface area contributed by atoms with E-state index in [0.717, 1.165) is 0 Å². The van der Waals surface area contributed by atoms with Crippen molar-refractivity contribution in [2.75, 3.05) is 0 Å². The molecular formula is C11H11F3O8. The number of carboxylic acid groups (broad SMARTS) is 4. The molecule has 1 saturated carbocycles. The summed E-state index contributed by atoms with van der Waals surface area (Å²) >= 11 is 0. The van der Waals surface area contributed by atoms with E-state index >= 15 is 0 Å². The van der Waals surface area contributed by atoms with E-state index in [-0.39, 0.29) is 0 Å². The van der Waals surface area contributed by atoms with Crippen LogP contribution in [0.1, 0.15) is 12.8 Å². The SMILES string of the molecule is O=C(O)CC1(C(F)(F)F)C(C(=O)O)CC(C(=O)O)C1C(=O)O. The van der Waals surface area contributed by atoms with Gasteiger partial charge in [0.2, 0.25) is 0 Å². The fourth-order valence-electron chi connectivity index (χ4n) is 3.09. The van der Waals surface area contributed by atoms with Crippen molar-refractivity contribution in [3.05, 3.63) is 0 Å². The molecule has 4 unspecified atom stereocenters. The van der Waals surface area contributed by atoms with Gasteiger partial charge in [0, 0.05) is 0 Å². The van der Waals surface area contributed by atoms with Gasteiger partial charge in [-0.1, -0.05) is 0 Å². The zero-order valence-electron chi connectivity index (χ0n) is 10.7. The highest BCUT2D eigenvalue weighted by Gasteiger charge is 2.74. The van der Waals surface area contributed by atoms with Crippen molar-refractivity contribution in [1.82, 2.24) is 0 Å². The predicted molar refractivity (Wildman–Crippen MR) is 58.7 cm³/mol. The lowest BCUT2D eigenvalue weighted by Gasteiger charge is -2.37. The first-order valence-corrected chi connectivity index (χ1v) is 5.83.